The van der Waals surface area contributed by atoms with E-state index in [1.165, 1.54) is 0 Å². The molecule has 2 aromatic carbocycles. The van der Waals surface area contributed by atoms with Gasteiger partial charge in [-0.05, 0) is 42.3 Å². The molecule has 0 radical (unpaired) electrons. The minimum absolute atomic E-state index is 0.170. The Morgan fingerprint density at radius 2 is 1.87 bits per heavy atom. The predicted octanol–water partition coefficient (Wildman–Crippen LogP) is 2.82. The monoisotopic (exact) mass is 474 g/mol. The van der Waals surface area contributed by atoms with E-state index in [4.69, 9.17) is 16.9 Å². The highest BCUT2D eigenvalue weighted by atomic mass is 35.5. The van der Waals surface area contributed by atoms with Crippen LogP contribution in [0.4, 0.5) is 13.2 Å². The zero-order chi connectivity index (χ0) is 23.0. The van der Waals surface area contributed by atoms with Gasteiger partial charge in [0.25, 0.3) is 0 Å². The van der Waals surface area contributed by atoms with Crippen molar-refractivity contribution in [2.24, 2.45) is 5.92 Å². The number of halogens is 4. The third-order valence-corrected chi connectivity index (χ3v) is 7.64. The molecule has 0 spiro atoms. The molecule has 1 aliphatic heterocycles. The lowest BCUT2D eigenvalue weighted by molar-refractivity contribution is -0.137. The first-order valence-electron chi connectivity index (χ1n) is 9.10. The van der Waals surface area contributed by atoms with Gasteiger partial charge in [-0.25, -0.2) is 8.42 Å². The molecule has 3 rings (SSSR count). The van der Waals surface area contributed by atoms with E-state index in [2.05, 4.69) is 0 Å². The number of aliphatic hydroxyl groups is 2. The molecular weight excluding hydrogens is 457 g/mol. The maximum atomic E-state index is 13.0. The van der Waals surface area contributed by atoms with E-state index < -0.39 is 56.4 Å². The maximum Gasteiger partial charge on any atom is 0.416 e. The Morgan fingerprint density at radius 3 is 2.39 bits per heavy atom. The summed E-state index contributed by atoms with van der Waals surface area (Å²) in [6.07, 6.45) is -4.46. The normalized spacial score (nSPS) is 22.4. The molecule has 6 nitrogen and oxygen atoms in total. The van der Waals surface area contributed by atoms with E-state index in [1.54, 1.807) is 24.3 Å². The topological polar surface area (TPSA) is 102 Å². The number of sulfonamides is 1. The van der Waals surface area contributed by atoms with E-state index in [1.807, 2.05) is 6.07 Å². The first-order valence-corrected chi connectivity index (χ1v) is 10.9. The quantitative estimate of drug-likeness (QED) is 0.694. The largest absolute Gasteiger partial charge is 0.416 e. The average Bonchev–Trinajstić information content (AvgIpc) is 3.05. The van der Waals surface area contributed by atoms with Gasteiger partial charge in [0.2, 0.25) is 10.0 Å². The highest BCUT2D eigenvalue weighted by Gasteiger charge is 2.49. The number of rotatable bonds is 5. The number of hydrogen-bond acceptors (Lipinski definition) is 5. The highest BCUT2D eigenvalue weighted by Crippen LogP contribution is 2.38. The summed E-state index contributed by atoms with van der Waals surface area (Å²) in [5, 5.41) is 28.9. The van der Waals surface area contributed by atoms with Crippen molar-refractivity contribution in [3.05, 3.63) is 64.2 Å². The van der Waals surface area contributed by atoms with Crippen LogP contribution in [0.2, 0.25) is 5.02 Å². The fraction of sp³-hybridized carbons (Fsp3) is 0.350. The van der Waals surface area contributed by atoms with Gasteiger partial charge in [0.1, 0.15) is 10.5 Å². The highest BCUT2D eigenvalue weighted by molar-refractivity contribution is 7.89. The van der Waals surface area contributed by atoms with Crippen molar-refractivity contribution in [2.75, 3.05) is 19.7 Å². The van der Waals surface area contributed by atoms with Crippen LogP contribution in [0.15, 0.2) is 47.4 Å². The number of β-amino-alcohol motifs (C(OH)–C–C–N with tert-alkyl or cyclic N) is 1. The molecule has 1 aliphatic rings. The zero-order valence-electron chi connectivity index (χ0n) is 16.0. The fourth-order valence-corrected chi connectivity index (χ4v) is 5.62. The van der Waals surface area contributed by atoms with Crippen molar-refractivity contribution in [2.45, 2.75) is 23.1 Å². The zero-order valence-corrected chi connectivity index (χ0v) is 17.5. The van der Waals surface area contributed by atoms with Gasteiger partial charge >= 0.3 is 6.18 Å². The summed E-state index contributed by atoms with van der Waals surface area (Å²) >= 11 is 5.85. The molecule has 0 aromatic heterocycles. The molecule has 2 N–H and O–H groups in total. The van der Waals surface area contributed by atoms with Gasteiger partial charge in [-0.15, -0.1) is 0 Å². The fourth-order valence-electron chi connectivity index (χ4n) is 3.56. The standard InChI is InChI=1S/C20H18ClF3N2O4S/c21-17-8-15(20(22,23)24)5-6-18(17)31(29,30)26-10-16(19(28,11-26)12-27)7-13-1-3-14(9-25)4-2-13/h1-6,8,16,27-28H,7,10-12H2/t16-,19+/m0/s1. The van der Waals surface area contributed by atoms with Crippen molar-refractivity contribution in [3.8, 4) is 6.07 Å². The number of hydrogen-bond donors (Lipinski definition) is 2. The third kappa shape index (κ3) is 4.71. The van der Waals surface area contributed by atoms with Crippen molar-refractivity contribution in [1.82, 2.24) is 4.31 Å². The Bertz CT molecular complexity index is 1120. The summed E-state index contributed by atoms with van der Waals surface area (Å²) in [5.41, 5.74) is -1.67. The number of benzene rings is 2. The van der Waals surface area contributed by atoms with Gasteiger partial charge in [-0.2, -0.15) is 22.7 Å². The van der Waals surface area contributed by atoms with Crippen LogP contribution in [0, 0.1) is 17.2 Å². The minimum atomic E-state index is -4.68. The third-order valence-electron chi connectivity index (χ3n) is 5.35. The number of alkyl halides is 3. The molecule has 0 aliphatic carbocycles. The molecule has 0 bridgehead atoms. The lowest BCUT2D eigenvalue weighted by Crippen LogP contribution is -2.43. The number of nitriles is 1. The molecule has 0 amide bonds. The molecule has 1 fully saturated rings. The smallest absolute Gasteiger partial charge is 0.393 e. The second-order valence-electron chi connectivity index (χ2n) is 7.41. The van der Waals surface area contributed by atoms with Crippen LogP contribution in [0.1, 0.15) is 16.7 Å². The number of aliphatic hydroxyl groups excluding tert-OH is 1. The number of nitrogens with zero attached hydrogens (tertiary/aromatic N) is 2. The summed E-state index contributed by atoms with van der Waals surface area (Å²) in [6.45, 7) is -1.32. The van der Waals surface area contributed by atoms with Gasteiger partial charge < -0.3 is 10.2 Å². The van der Waals surface area contributed by atoms with E-state index in [9.17, 15) is 31.8 Å². The molecule has 1 heterocycles. The van der Waals surface area contributed by atoms with Crippen molar-refractivity contribution >= 4 is 21.6 Å². The molecule has 1 saturated heterocycles. The van der Waals surface area contributed by atoms with Crippen LogP contribution < -0.4 is 0 Å². The van der Waals surface area contributed by atoms with E-state index in [0.29, 0.717) is 17.7 Å². The van der Waals surface area contributed by atoms with Crippen molar-refractivity contribution in [1.29, 1.82) is 5.26 Å². The van der Waals surface area contributed by atoms with Crippen LogP contribution in [0.25, 0.3) is 0 Å². The van der Waals surface area contributed by atoms with Gasteiger partial charge in [-0.3, -0.25) is 0 Å². The Hall–Kier alpha value is -2.16. The Morgan fingerprint density at radius 1 is 1.23 bits per heavy atom. The minimum Gasteiger partial charge on any atom is -0.393 e. The first kappa shape index (κ1) is 23.5. The van der Waals surface area contributed by atoms with Crippen LogP contribution in [0.3, 0.4) is 0 Å². The second-order valence-corrected chi connectivity index (χ2v) is 9.73. The van der Waals surface area contributed by atoms with E-state index in [0.717, 1.165) is 15.9 Å². The van der Waals surface area contributed by atoms with Crippen molar-refractivity contribution in [3.63, 3.8) is 0 Å². The van der Waals surface area contributed by atoms with Gasteiger partial charge in [0, 0.05) is 19.0 Å². The molecule has 31 heavy (non-hydrogen) atoms. The summed E-state index contributed by atoms with van der Waals surface area (Å²) < 4.78 is 65.5. The molecule has 11 heteroatoms. The van der Waals surface area contributed by atoms with Crippen LogP contribution in [-0.2, 0) is 22.6 Å². The second kappa shape index (κ2) is 8.41. The van der Waals surface area contributed by atoms with Gasteiger partial charge in [-0.1, -0.05) is 23.7 Å². The molecule has 166 valence electrons. The molecular formula is C20H18ClF3N2O4S. The van der Waals surface area contributed by atoms with Crippen LogP contribution >= 0.6 is 11.6 Å². The van der Waals surface area contributed by atoms with Crippen LogP contribution in [-0.4, -0.2) is 48.2 Å². The molecule has 0 saturated carbocycles. The lowest BCUT2D eigenvalue weighted by Gasteiger charge is -2.26. The Balaban J connectivity index is 1.88. The van der Waals surface area contributed by atoms with E-state index in [-0.39, 0.29) is 13.0 Å². The summed E-state index contributed by atoms with van der Waals surface area (Å²) in [7, 11) is -4.33. The maximum absolute atomic E-state index is 13.0. The molecule has 0 unspecified atom stereocenters. The summed E-state index contributed by atoms with van der Waals surface area (Å²) in [6, 6.07) is 10.4. The average molecular weight is 475 g/mol. The lowest BCUT2D eigenvalue weighted by atomic mass is 9.86. The summed E-state index contributed by atoms with van der Waals surface area (Å²) in [4.78, 5) is -0.513. The molecule has 2 aromatic rings. The first-order chi connectivity index (χ1) is 14.4. The Labute approximate surface area is 182 Å². The SMILES string of the molecule is N#Cc1ccc(C[C@H]2CN(S(=O)(=O)c3ccc(C(F)(F)F)cc3Cl)C[C@@]2(O)CO)cc1. The van der Waals surface area contributed by atoms with Crippen molar-refractivity contribution < 1.29 is 31.8 Å². The van der Waals surface area contributed by atoms with Gasteiger partial charge in [0.05, 0.1) is 28.8 Å². The predicted molar refractivity (Wildman–Crippen MR) is 106 cm³/mol. The van der Waals surface area contributed by atoms with Crippen LogP contribution in [0.5, 0.6) is 0 Å². The molecule has 2 atom stereocenters. The summed E-state index contributed by atoms with van der Waals surface area (Å²) in [5.74, 6) is -0.687. The Kier molecular flexibility index (Phi) is 6.37. The van der Waals surface area contributed by atoms with E-state index >= 15 is 0 Å². The van der Waals surface area contributed by atoms with Gasteiger partial charge in [0.15, 0.2) is 0 Å².